The van der Waals surface area contributed by atoms with Crippen molar-refractivity contribution in [3.8, 4) is 6.01 Å². The van der Waals surface area contributed by atoms with Gasteiger partial charge in [0, 0.05) is 44.8 Å². The standard InChI is InChI=1S/C37H44ClF2N5O3Si/c1-36(2,3)49(28-11-6-4-7-12-28,29-13-8-5-9-14-29)48-24-26-21-44(17-18-46-23-26)34-30-20-41-33(38)31(40)32(30)42-35(43-34)47-25-37-15-10-16-45(37)22-27(39)19-37/h4-9,11-14,20,26-27H,10,15-19,21-25H2,1-3H3/t26?,27-,37+/m1/s1. The van der Waals surface area contributed by atoms with Crippen LogP contribution in [0.4, 0.5) is 14.6 Å². The first-order valence-electron chi connectivity index (χ1n) is 17.2. The number of fused-ring (bicyclic) bond motifs is 2. The van der Waals surface area contributed by atoms with Crippen molar-refractivity contribution in [3.05, 3.63) is 77.8 Å². The van der Waals surface area contributed by atoms with Crippen molar-refractivity contribution in [2.24, 2.45) is 5.92 Å². The lowest BCUT2D eigenvalue weighted by Gasteiger charge is -2.43. The molecular formula is C37H44ClF2N5O3Si. The van der Waals surface area contributed by atoms with Crippen LogP contribution < -0.4 is 20.0 Å². The van der Waals surface area contributed by atoms with Gasteiger partial charge >= 0.3 is 6.01 Å². The van der Waals surface area contributed by atoms with Crippen LogP contribution in [0.1, 0.15) is 40.0 Å². The Bertz CT molecular complexity index is 1730. The van der Waals surface area contributed by atoms with E-state index in [2.05, 4.69) is 89.1 Å². The van der Waals surface area contributed by atoms with Gasteiger partial charge in [0.2, 0.25) is 0 Å². The summed E-state index contributed by atoms with van der Waals surface area (Å²) >= 11 is 6.14. The number of pyridine rings is 1. The Hall–Kier alpha value is -3.22. The molecule has 3 saturated heterocycles. The summed E-state index contributed by atoms with van der Waals surface area (Å²) in [6.07, 6.45) is 2.87. The number of ether oxygens (including phenoxy) is 2. The fraction of sp³-hybridized carbons (Fsp3) is 0.486. The van der Waals surface area contributed by atoms with Crippen LogP contribution in [0.5, 0.6) is 6.01 Å². The summed E-state index contributed by atoms with van der Waals surface area (Å²) in [5.74, 6) is -0.246. The summed E-state index contributed by atoms with van der Waals surface area (Å²) in [5.41, 5.74) is -0.354. The Balaban J connectivity index is 1.19. The second-order valence-corrected chi connectivity index (χ2v) is 19.3. The fourth-order valence-corrected chi connectivity index (χ4v) is 12.9. The van der Waals surface area contributed by atoms with Crippen molar-refractivity contribution in [2.45, 2.75) is 56.8 Å². The van der Waals surface area contributed by atoms with Crippen LogP contribution in [0.15, 0.2) is 66.9 Å². The third-order valence-electron chi connectivity index (χ3n) is 10.4. The average molecular weight is 708 g/mol. The molecule has 0 radical (unpaired) electrons. The second-order valence-electron chi connectivity index (χ2n) is 14.7. The van der Waals surface area contributed by atoms with Gasteiger partial charge in [-0.15, -0.1) is 0 Å². The minimum Gasteiger partial charge on any atom is -0.461 e. The Labute approximate surface area is 292 Å². The smallest absolute Gasteiger partial charge is 0.319 e. The number of hydrogen-bond donors (Lipinski definition) is 0. The topological polar surface area (TPSA) is 72.8 Å². The maximum atomic E-state index is 15.5. The molecule has 49 heavy (non-hydrogen) atoms. The van der Waals surface area contributed by atoms with E-state index in [-0.39, 0.29) is 34.2 Å². The molecule has 3 fully saturated rings. The molecule has 0 bridgehead atoms. The van der Waals surface area contributed by atoms with E-state index in [0.29, 0.717) is 57.1 Å². The second kappa shape index (κ2) is 13.8. The van der Waals surface area contributed by atoms with Crippen LogP contribution in [0, 0.1) is 11.7 Å². The molecule has 3 aliphatic rings. The highest BCUT2D eigenvalue weighted by atomic mass is 35.5. The van der Waals surface area contributed by atoms with Gasteiger partial charge in [-0.3, -0.25) is 4.90 Å². The largest absolute Gasteiger partial charge is 0.461 e. The van der Waals surface area contributed by atoms with Gasteiger partial charge in [-0.1, -0.05) is 93.0 Å². The Morgan fingerprint density at radius 3 is 2.43 bits per heavy atom. The molecule has 0 amide bonds. The normalized spacial score (nSPS) is 23.5. The molecule has 0 aliphatic carbocycles. The van der Waals surface area contributed by atoms with Crippen LogP contribution in [0.2, 0.25) is 10.2 Å². The molecule has 7 rings (SSSR count). The molecule has 1 unspecified atom stereocenters. The fourth-order valence-electron chi connectivity index (χ4n) is 8.13. The highest BCUT2D eigenvalue weighted by molar-refractivity contribution is 6.99. The zero-order valence-electron chi connectivity index (χ0n) is 28.4. The molecule has 8 nitrogen and oxygen atoms in total. The van der Waals surface area contributed by atoms with Gasteiger partial charge in [0.15, 0.2) is 11.0 Å². The van der Waals surface area contributed by atoms with Crippen molar-refractivity contribution in [1.29, 1.82) is 0 Å². The molecule has 0 spiro atoms. The Kier molecular flexibility index (Phi) is 9.66. The summed E-state index contributed by atoms with van der Waals surface area (Å²) in [4.78, 5) is 17.7. The first-order valence-corrected chi connectivity index (χ1v) is 19.5. The predicted molar refractivity (Wildman–Crippen MR) is 191 cm³/mol. The Morgan fingerprint density at radius 1 is 1.02 bits per heavy atom. The van der Waals surface area contributed by atoms with E-state index < -0.39 is 25.8 Å². The van der Waals surface area contributed by atoms with E-state index in [4.69, 9.17) is 30.5 Å². The van der Waals surface area contributed by atoms with Gasteiger partial charge in [-0.2, -0.15) is 9.97 Å². The molecule has 2 aromatic carbocycles. The van der Waals surface area contributed by atoms with Crippen molar-refractivity contribution in [3.63, 3.8) is 0 Å². The van der Waals surface area contributed by atoms with E-state index in [1.165, 1.54) is 16.6 Å². The maximum Gasteiger partial charge on any atom is 0.319 e. The monoisotopic (exact) mass is 707 g/mol. The van der Waals surface area contributed by atoms with Crippen molar-refractivity contribution in [1.82, 2.24) is 19.9 Å². The van der Waals surface area contributed by atoms with E-state index in [1.54, 1.807) is 0 Å². The van der Waals surface area contributed by atoms with Crippen LogP contribution in [0.3, 0.4) is 0 Å². The van der Waals surface area contributed by atoms with Gasteiger partial charge in [0.1, 0.15) is 24.1 Å². The molecule has 5 heterocycles. The molecule has 4 aromatic rings. The summed E-state index contributed by atoms with van der Waals surface area (Å²) in [5, 5.41) is 2.42. The van der Waals surface area contributed by atoms with Crippen molar-refractivity contribution >= 4 is 47.0 Å². The predicted octanol–water partition coefficient (Wildman–Crippen LogP) is 5.80. The first-order chi connectivity index (χ1) is 23.6. The molecular weight excluding hydrogens is 664 g/mol. The van der Waals surface area contributed by atoms with Crippen molar-refractivity contribution < 1.29 is 22.7 Å². The lowest BCUT2D eigenvalue weighted by Crippen LogP contribution is -2.67. The minimum absolute atomic E-state index is 0.0189. The number of aromatic nitrogens is 3. The van der Waals surface area contributed by atoms with Crippen LogP contribution >= 0.6 is 11.6 Å². The molecule has 12 heteroatoms. The van der Waals surface area contributed by atoms with Crippen LogP contribution in [0.25, 0.3) is 10.9 Å². The minimum atomic E-state index is -2.78. The highest BCUT2D eigenvalue weighted by Crippen LogP contribution is 2.41. The quantitative estimate of drug-likeness (QED) is 0.160. The van der Waals surface area contributed by atoms with Crippen LogP contribution in [-0.2, 0) is 9.16 Å². The molecule has 0 N–H and O–H groups in total. The third kappa shape index (κ3) is 6.56. The van der Waals surface area contributed by atoms with Gasteiger partial charge < -0.3 is 18.8 Å². The molecule has 260 valence electrons. The zero-order chi connectivity index (χ0) is 34.2. The number of anilines is 1. The van der Waals surface area contributed by atoms with Gasteiger partial charge in [-0.25, -0.2) is 13.8 Å². The number of nitrogens with zero attached hydrogens (tertiary/aromatic N) is 5. The van der Waals surface area contributed by atoms with Gasteiger partial charge in [0.05, 0.1) is 24.1 Å². The third-order valence-corrected chi connectivity index (χ3v) is 15.7. The lowest BCUT2D eigenvalue weighted by molar-refractivity contribution is 0.0992. The number of alkyl halides is 1. The number of halogens is 3. The molecule has 0 saturated carbocycles. The molecule has 3 atom stereocenters. The van der Waals surface area contributed by atoms with Crippen LogP contribution in [-0.4, -0.2) is 92.5 Å². The van der Waals surface area contributed by atoms with E-state index in [9.17, 15) is 4.39 Å². The SMILES string of the molecule is CC(C)(C)[Si](OCC1COCCN(c2nc(OC[C@@]34CCCN3C[C@H](F)C4)nc3c(F)c(Cl)ncc23)C1)(c1ccccc1)c1ccccc1. The van der Waals surface area contributed by atoms with Gasteiger partial charge in [0.25, 0.3) is 8.32 Å². The number of benzene rings is 2. The maximum absolute atomic E-state index is 15.5. The number of rotatable bonds is 9. The van der Waals surface area contributed by atoms with Gasteiger partial charge in [-0.05, 0) is 34.8 Å². The summed E-state index contributed by atoms with van der Waals surface area (Å²) < 4.78 is 49.6. The molecule has 3 aliphatic heterocycles. The summed E-state index contributed by atoms with van der Waals surface area (Å²) in [6, 6.07) is 21.2. The van der Waals surface area contributed by atoms with Crippen molar-refractivity contribution in [2.75, 3.05) is 57.5 Å². The van der Waals surface area contributed by atoms with E-state index >= 15 is 4.39 Å². The van der Waals surface area contributed by atoms with E-state index in [1.807, 2.05) is 12.1 Å². The Morgan fingerprint density at radius 2 is 1.73 bits per heavy atom. The number of hydrogen-bond acceptors (Lipinski definition) is 8. The first kappa shape index (κ1) is 34.2. The average Bonchev–Trinajstić information content (AvgIpc) is 3.51. The highest BCUT2D eigenvalue weighted by Gasteiger charge is 2.51. The summed E-state index contributed by atoms with van der Waals surface area (Å²) in [6.45, 7) is 10.8. The molecule has 2 aromatic heterocycles. The zero-order valence-corrected chi connectivity index (χ0v) is 30.1. The summed E-state index contributed by atoms with van der Waals surface area (Å²) in [7, 11) is -2.78. The van der Waals surface area contributed by atoms with E-state index in [0.717, 1.165) is 19.4 Å². The lowest BCUT2D eigenvalue weighted by atomic mass is 9.95.